The third kappa shape index (κ3) is 4.49. The summed E-state index contributed by atoms with van der Waals surface area (Å²) >= 11 is 7.06. The predicted molar refractivity (Wildman–Crippen MR) is 101 cm³/mol. The molecule has 0 saturated carbocycles. The number of hydrogen-bond donors (Lipinski definition) is 1. The van der Waals surface area contributed by atoms with Gasteiger partial charge in [0.2, 0.25) is 11.6 Å². The molecule has 3 rings (SSSR count). The summed E-state index contributed by atoms with van der Waals surface area (Å²) in [5, 5.41) is 19.0. The molecule has 3 aromatic rings. The second-order valence-electron chi connectivity index (χ2n) is 5.46. The first kappa shape index (κ1) is 19.8. The minimum atomic E-state index is -0.624. The summed E-state index contributed by atoms with van der Waals surface area (Å²) in [5.41, 5.74) is 1.13. The number of carbonyl (C=O) groups is 1. The van der Waals surface area contributed by atoms with Gasteiger partial charge in [0.1, 0.15) is 11.5 Å². The van der Waals surface area contributed by atoms with Crippen molar-refractivity contribution in [3.63, 3.8) is 0 Å². The van der Waals surface area contributed by atoms with Gasteiger partial charge in [0.15, 0.2) is 5.95 Å². The van der Waals surface area contributed by atoms with Crippen LogP contribution in [0.4, 0.5) is 5.69 Å². The molecule has 146 valence electrons. The van der Waals surface area contributed by atoms with E-state index in [-0.39, 0.29) is 16.7 Å². The molecule has 0 aliphatic heterocycles. The van der Waals surface area contributed by atoms with Crippen molar-refractivity contribution < 1.29 is 28.6 Å². The summed E-state index contributed by atoms with van der Waals surface area (Å²) in [7, 11) is 3.07. The number of amides is 1. The molecule has 2 aromatic carbocycles. The van der Waals surface area contributed by atoms with Crippen molar-refractivity contribution in [2.45, 2.75) is 5.03 Å². The van der Waals surface area contributed by atoms with Crippen molar-refractivity contribution in [1.29, 1.82) is 0 Å². The smallest absolute Gasteiger partial charge is 0.298 e. The zero-order valence-corrected chi connectivity index (χ0v) is 16.5. The van der Waals surface area contributed by atoms with Crippen LogP contribution in [0.1, 0.15) is 0 Å². The van der Waals surface area contributed by atoms with Crippen molar-refractivity contribution in [3.8, 4) is 23.1 Å². The fraction of sp³-hybridized carbons (Fsp3) is 0.167. The highest BCUT2D eigenvalue weighted by Gasteiger charge is 2.22. The molecular formula is C18H16ClN3O5S. The molecule has 1 aromatic heterocycles. The average Bonchev–Trinajstić information content (AvgIpc) is 3.07. The van der Waals surface area contributed by atoms with Crippen LogP contribution in [0, 0.1) is 0 Å². The Hall–Kier alpha value is -2.91. The van der Waals surface area contributed by atoms with Gasteiger partial charge >= 0.3 is 0 Å². The minimum Gasteiger partial charge on any atom is -0.538 e. The van der Waals surface area contributed by atoms with Crippen molar-refractivity contribution in [1.82, 2.24) is 5.27 Å². The number of ether oxygens (including phenoxy) is 2. The fourth-order valence-corrected chi connectivity index (χ4v) is 3.34. The van der Waals surface area contributed by atoms with E-state index >= 15 is 0 Å². The quantitative estimate of drug-likeness (QED) is 0.461. The maximum atomic E-state index is 12.2. The Bertz CT molecular complexity index is 978. The Labute approximate surface area is 170 Å². The number of halogens is 1. The summed E-state index contributed by atoms with van der Waals surface area (Å²) < 4.78 is 16.3. The molecular weight excluding hydrogens is 406 g/mol. The number of benzene rings is 2. The third-order valence-corrected chi connectivity index (χ3v) is 4.98. The van der Waals surface area contributed by atoms with Crippen LogP contribution >= 0.6 is 23.4 Å². The van der Waals surface area contributed by atoms with Gasteiger partial charge in [0.25, 0.3) is 5.03 Å². The SMILES string of the molecule is COc1ccc(-[n+]2noc([O-])c2SCC(=O)Nc2ccc(OC)c(Cl)c2)cc1. The maximum Gasteiger partial charge on any atom is 0.298 e. The van der Waals surface area contributed by atoms with Crippen LogP contribution in [0.2, 0.25) is 5.02 Å². The predicted octanol–water partition coefficient (Wildman–Crippen LogP) is 2.43. The average molecular weight is 422 g/mol. The molecule has 1 amide bonds. The fourth-order valence-electron chi connectivity index (χ4n) is 2.32. The summed E-state index contributed by atoms with van der Waals surface area (Å²) in [6.07, 6.45) is 0. The van der Waals surface area contributed by atoms with Crippen molar-refractivity contribution in [3.05, 3.63) is 47.5 Å². The Morgan fingerprint density at radius 2 is 2.00 bits per heavy atom. The molecule has 0 spiro atoms. The number of methoxy groups -OCH3 is 2. The van der Waals surface area contributed by atoms with E-state index in [0.717, 1.165) is 11.8 Å². The highest BCUT2D eigenvalue weighted by atomic mass is 35.5. The minimum absolute atomic E-state index is 0.0176. The van der Waals surface area contributed by atoms with E-state index in [1.807, 2.05) is 0 Å². The van der Waals surface area contributed by atoms with E-state index in [9.17, 15) is 9.90 Å². The van der Waals surface area contributed by atoms with E-state index in [0.29, 0.717) is 27.9 Å². The molecule has 28 heavy (non-hydrogen) atoms. The van der Waals surface area contributed by atoms with Gasteiger partial charge in [-0.25, -0.2) is 0 Å². The van der Waals surface area contributed by atoms with Gasteiger partial charge in [0.05, 0.1) is 30.3 Å². The molecule has 0 aliphatic rings. The first-order valence-electron chi connectivity index (χ1n) is 8.01. The standard InChI is InChI=1S/C18H16ClN3O5S/c1-25-13-6-4-12(5-7-13)22-17(18(24)27-21-22)28-10-16(23)20-11-3-8-15(26-2)14(19)9-11/h3-9H,10H2,1-2H3,(H-,20,21,23,24). The molecule has 0 aliphatic carbocycles. The molecule has 10 heteroatoms. The van der Waals surface area contributed by atoms with Crippen molar-refractivity contribution in [2.75, 3.05) is 25.3 Å². The summed E-state index contributed by atoms with van der Waals surface area (Å²) in [5.74, 6) is 0.224. The Morgan fingerprint density at radius 1 is 1.25 bits per heavy atom. The number of aromatic nitrogens is 2. The van der Waals surface area contributed by atoms with Crippen LogP contribution in [0.3, 0.4) is 0 Å². The Kier molecular flexibility index (Phi) is 6.27. The Balaban J connectivity index is 1.68. The first-order valence-corrected chi connectivity index (χ1v) is 9.38. The molecule has 0 unspecified atom stereocenters. The number of carbonyl (C=O) groups excluding carboxylic acids is 1. The van der Waals surface area contributed by atoms with Crippen LogP contribution in [0.25, 0.3) is 5.69 Å². The van der Waals surface area contributed by atoms with Crippen LogP contribution in [0.5, 0.6) is 17.4 Å². The lowest BCUT2D eigenvalue weighted by atomic mass is 10.3. The second-order valence-corrected chi connectivity index (χ2v) is 6.83. The van der Waals surface area contributed by atoms with E-state index in [1.54, 1.807) is 49.6 Å². The molecule has 0 radical (unpaired) electrons. The lowest BCUT2D eigenvalue weighted by Crippen LogP contribution is -2.35. The zero-order valence-electron chi connectivity index (χ0n) is 15.0. The normalized spacial score (nSPS) is 10.5. The molecule has 0 fully saturated rings. The lowest BCUT2D eigenvalue weighted by molar-refractivity contribution is -0.705. The van der Waals surface area contributed by atoms with Crippen LogP contribution < -0.4 is 24.6 Å². The number of rotatable bonds is 7. The summed E-state index contributed by atoms with van der Waals surface area (Å²) in [6, 6.07) is 11.8. The van der Waals surface area contributed by atoms with Gasteiger partial charge in [-0.05, 0) is 46.8 Å². The van der Waals surface area contributed by atoms with Gasteiger partial charge in [0, 0.05) is 17.8 Å². The van der Waals surface area contributed by atoms with Crippen molar-refractivity contribution in [2.24, 2.45) is 0 Å². The molecule has 8 nitrogen and oxygen atoms in total. The number of thioether (sulfide) groups is 1. The molecule has 0 bridgehead atoms. The number of nitrogens with zero attached hydrogens (tertiary/aromatic N) is 2. The summed E-state index contributed by atoms with van der Waals surface area (Å²) in [6.45, 7) is 0. The van der Waals surface area contributed by atoms with E-state index < -0.39 is 5.95 Å². The van der Waals surface area contributed by atoms with E-state index in [2.05, 4.69) is 10.6 Å². The monoisotopic (exact) mass is 421 g/mol. The zero-order chi connectivity index (χ0) is 20.1. The number of anilines is 1. The highest BCUT2D eigenvalue weighted by Crippen LogP contribution is 2.28. The van der Waals surface area contributed by atoms with E-state index in [1.165, 1.54) is 11.8 Å². The Morgan fingerprint density at radius 3 is 2.64 bits per heavy atom. The molecule has 1 N–H and O–H groups in total. The molecule has 1 heterocycles. The van der Waals surface area contributed by atoms with Crippen LogP contribution in [-0.2, 0) is 4.79 Å². The van der Waals surface area contributed by atoms with Gasteiger partial charge in [-0.15, -0.1) is 0 Å². The highest BCUT2D eigenvalue weighted by molar-refractivity contribution is 7.99. The van der Waals surface area contributed by atoms with Crippen molar-refractivity contribution >= 4 is 35.0 Å². The van der Waals surface area contributed by atoms with Crippen LogP contribution in [-0.4, -0.2) is 31.2 Å². The number of nitrogens with one attached hydrogen (secondary N) is 1. The van der Waals surface area contributed by atoms with Gasteiger partial charge < -0.3 is 24.4 Å². The second kappa shape index (κ2) is 8.85. The first-order chi connectivity index (χ1) is 13.5. The van der Waals surface area contributed by atoms with Crippen LogP contribution in [0.15, 0.2) is 52.0 Å². The largest absolute Gasteiger partial charge is 0.538 e. The third-order valence-electron chi connectivity index (χ3n) is 3.66. The van der Waals surface area contributed by atoms with Gasteiger partial charge in [-0.3, -0.25) is 4.79 Å². The maximum absolute atomic E-state index is 12.2. The lowest BCUT2D eigenvalue weighted by Gasteiger charge is -2.07. The van der Waals surface area contributed by atoms with E-state index in [4.69, 9.17) is 25.6 Å². The van der Waals surface area contributed by atoms with Gasteiger partial charge in [-0.2, -0.15) is 0 Å². The molecule has 0 atom stereocenters. The number of hydrogen-bond acceptors (Lipinski definition) is 7. The topological polar surface area (TPSA) is 101 Å². The summed E-state index contributed by atoms with van der Waals surface area (Å²) in [4.78, 5) is 12.2. The van der Waals surface area contributed by atoms with Gasteiger partial charge in [-0.1, -0.05) is 11.6 Å². The molecule has 0 saturated heterocycles.